The summed E-state index contributed by atoms with van der Waals surface area (Å²) in [6.45, 7) is 0. The van der Waals surface area contributed by atoms with Crippen LogP contribution in [0.5, 0.6) is 11.6 Å². The molecule has 5 nitrogen and oxygen atoms in total. The number of rotatable bonds is 4. The molecule has 1 unspecified atom stereocenters. The first kappa shape index (κ1) is 21.0. The van der Waals surface area contributed by atoms with Crippen LogP contribution in [0.25, 0.3) is 10.9 Å². The minimum Gasteiger partial charge on any atom is -0.439 e. The number of fused-ring (bicyclic) bond motifs is 2. The fourth-order valence-electron chi connectivity index (χ4n) is 3.93. The number of anilines is 1. The Balaban J connectivity index is 1.35. The van der Waals surface area contributed by atoms with Crippen molar-refractivity contribution in [1.29, 1.82) is 0 Å². The van der Waals surface area contributed by atoms with E-state index in [1.807, 2.05) is 6.07 Å². The van der Waals surface area contributed by atoms with Crippen LogP contribution in [-0.2, 0) is 19.0 Å². The normalized spacial score (nSPS) is 15.5. The predicted molar refractivity (Wildman–Crippen MR) is 110 cm³/mol. The van der Waals surface area contributed by atoms with E-state index in [1.54, 1.807) is 12.1 Å². The average Bonchev–Trinajstić information content (AvgIpc) is 3.17. The minimum absolute atomic E-state index is 0.0203. The van der Waals surface area contributed by atoms with Gasteiger partial charge in [-0.25, -0.2) is 23.7 Å². The van der Waals surface area contributed by atoms with E-state index >= 15 is 0 Å². The molecule has 0 saturated carbocycles. The van der Waals surface area contributed by atoms with Crippen LogP contribution in [0, 0.1) is 11.6 Å². The molecular formula is C23H15F5N4O. The molecule has 2 aromatic carbocycles. The average molecular weight is 458 g/mol. The van der Waals surface area contributed by atoms with Gasteiger partial charge in [-0.05, 0) is 54.3 Å². The van der Waals surface area contributed by atoms with Gasteiger partial charge in [0.2, 0.25) is 5.88 Å². The summed E-state index contributed by atoms with van der Waals surface area (Å²) < 4.78 is 72.6. The summed E-state index contributed by atoms with van der Waals surface area (Å²) in [4.78, 5) is 11.8. The topological polar surface area (TPSA) is 59.9 Å². The van der Waals surface area contributed by atoms with Crippen LogP contribution in [0.2, 0.25) is 0 Å². The highest BCUT2D eigenvalue weighted by Crippen LogP contribution is 2.34. The Hall–Kier alpha value is -3.82. The molecule has 5 rings (SSSR count). The van der Waals surface area contributed by atoms with Crippen molar-refractivity contribution in [1.82, 2.24) is 15.0 Å². The molecule has 10 heteroatoms. The lowest BCUT2D eigenvalue weighted by atomic mass is 10.1. The fraction of sp³-hybridized carbons (Fsp3) is 0.174. The van der Waals surface area contributed by atoms with Gasteiger partial charge in [0.1, 0.15) is 35.0 Å². The van der Waals surface area contributed by atoms with E-state index in [4.69, 9.17) is 4.74 Å². The zero-order valence-corrected chi connectivity index (χ0v) is 16.8. The second-order valence-corrected chi connectivity index (χ2v) is 7.64. The highest BCUT2D eigenvalue weighted by molar-refractivity contribution is 5.89. The van der Waals surface area contributed by atoms with E-state index in [2.05, 4.69) is 20.3 Å². The number of benzene rings is 2. The Morgan fingerprint density at radius 2 is 1.67 bits per heavy atom. The van der Waals surface area contributed by atoms with Crippen LogP contribution >= 0.6 is 0 Å². The number of pyridine rings is 1. The van der Waals surface area contributed by atoms with E-state index in [0.29, 0.717) is 18.6 Å². The standard InChI is InChI=1S/C23H15F5N4O/c24-17-3-4-18(25)21-20(17)22(31-11-30-21)32-15-7-12-1-2-16(9-13(12)8-15)33-19-10-14(5-6-29-19)23(26,27)28/h1-6,9-11,15H,7-8H2,(H,30,31,32). The van der Waals surface area contributed by atoms with Gasteiger partial charge >= 0.3 is 6.18 Å². The number of halogens is 5. The zero-order chi connectivity index (χ0) is 23.2. The van der Waals surface area contributed by atoms with Crippen LogP contribution < -0.4 is 10.1 Å². The third kappa shape index (κ3) is 4.15. The molecule has 0 bridgehead atoms. The van der Waals surface area contributed by atoms with Crippen molar-refractivity contribution in [2.75, 3.05) is 5.32 Å². The fourth-order valence-corrected chi connectivity index (χ4v) is 3.93. The lowest BCUT2D eigenvalue weighted by Crippen LogP contribution is -2.20. The summed E-state index contributed by atoms with van der Waals surface area (Å²) in [6.07, 6.45) is -1.15. The number of hydrogen-bond acceptors (Lipinski definition) is 5. The Bertz CT molecular complexity index is 1360. The summed E-state index contributed by atoms with van der Waals surface area (Å²) in [5, 5.41) is 3.14. The smallest absolute Gasteiger partial charge is 0.416 e. The van der Waals surface area contributed by atoms with Gasteiger partial charge in [-0.2, -0.15) is 13.2 Å². The van der Waals surface area contributed by atoms with E-state index < -0.39 is 23.4 Å². The van der Waals surface area contributed by atoms with E-state index in [0.717, 1.165) is 41.6 Å². The molecule has 2 heterocycles. The first-order chi connectivity index (χ1) is 15.8. The van der Waals surface area contributed by atoms with Gasteiger partial charge < -0.3 is 10.1 Å². The summed E-state index contributed by atoms with van der Waals surface area (Å²) in [7, 11) is 0. The van der Waals surface area contributed by atoms with Crippen LogP contribution in [0.3, 0.4) is 0 Å². The predicted octanol–water partition coefficient (Wildman–Crippen LogP) is 5.69. The molecule has 0 spiro atoms. The van der Waals surface area contributed by atoms with E-state index in [1.165, 1.54) is 6.33 Å². The molecule has 0 fully saturated rings. The number of nitrogens with zero attached hydrogens (tertiary/aromatic N) is 3. The van der Waals surface area contributed by atoms with Crippen molar-refractivity contribution < 1.29 is 26.7 Å². The molecule has 1 aliphatic rings. The molecule has 2 aromatic heterocycles. The Labute approximate surface area is 184 Å². The number of ether oxygens (including phenoxy) is 1. The molecule has 4 aromatic rings. The zero-order valence-electron chi connectivity index (χ0n) is 16.8. The van der Waals surface area contributed by atoms with Gasteiger partial charge in [0.15, 0.2) is 0 Å². The Morgan fingerprint density at radius 1 is 0.879 bits per heavy atom. The number of hydrogen-bond donors (Lipinski definition) is 1. The van der Waals surface area contributed by atoms with Crippen LogP contribution in [0.1, 0.15) is 16.7 Å². The van der Waals surface area contributed by atoms with Gasteiger partial charge in [0.05, 0.1) is 10.9 Å². The molecule has 33 heavy (non-hydrogen) atoms. The third-order valence-corrected chi connectivity index (χ3v) is 5.42. The molecule has 1 aliphatic carbocycles. The van der Waals surface area contributed by atoms with Crippen molar-refractivity contribution in [2.45, 2.75) is 25.1 Å². The van der Waals surface area contributed by atoms with Crippen LogP contribution in [0.15, 0.2) is 55.0 Å². The van der Waals surface area contributed by atoms with Crippen molar-refractivity contribution in [3.63, 3.8) is 0 Å². The summed E-state index contributed by atoms with van der Waals surface area (Å²) in [5.41, 5.74) is 0.967. The number of aromatic nitrogens is 3. The maximum Gasteiger partial charge on any atom is 0.416 e. The monoisotopic (exact) mass is 458 g/mol. The van der Waals surface area contributed by atoms with Gasteiger partial charge in [0.25, 0.3) is 0 Å². The van der Waals surface area contributed by atoms with Crippen molar-refractivity contribution in [3.8, 4) is 11.6 Å². The Kier molecular flexibility index (Phi) is 5.07. The Morgan fingerprint density at radius 3 is 2.48 bits per heavy atom. The second-order valence-electron chi connectivity index (χ2n) is 7.64. The highest BCUT2D eigenvalue weighted by atomic mass is 19.4. The van der Waals surface area contributed by atoms with E-state index in [9.17, 15) is 22.0 Å². The first-order valence-electron chi connectivity index (χ1n) is 9.96. The number of alkyl halides is 3. The molecule has 0 amide bonds. The van der Waals surface area contributed by atoms with Crippen molar-refractivity contribution >= 4 is 16.7 Å². The molecule has 1 N–H and O–H groups in total. The lowest BCUT2D eigenvalue weighted by molar-refractivity contribution is -0.137. The maximum absolute atomic E-state index is 14.3. The lowest BCUT2D eigenvalue weighted by Gasteiger charge is -2.14. The molecule has 0 radical (unpaired) electrons. The molecule has 0 saturated heterocycles. The van der Waals surface area contributed by atoms with Gasteiger partial charge in [-0.15, -0.1) is 0 Å². The molecule has 168 valence electrons. The van der Waals surface area contributed by atoms with Gasteiger partial charge in [0, 0.05) is 18.3 Å². The third-order valence-electron chi connectivity index (χ3n) is 5.42. The van der Waals surface area contributed by atoms with Crippen LogP contribution in [-0.4, -0.2) is 21.0 Å². The quantitative estimate of drug-likeness (QED) is 0.398. The van der Waals surface area contributed by atoms with E-state index in [-0.39, 0.29) is 28.6 Å². The van der Waals surface area contributed by atoms with Crippen LogP contribution in [0.4, 0.5) is 27.8 Å². The minimum atomic E-state index is -4.49. The maximum atomic E-state index is 14.3. The van der Waals surface area contributed by atoms with Crippen molar-refractivity contribution in [3.05, 3.63) is 83.3 Å². The van der Waals surface area contributed by atoms with Crippen molar-refractivity contribution in [2.24, 2.45) is 0 Å². The molecule has 0 aliphatic heterocycles. The SMILES string of the molecule is Fc1ccc(F)c2c(NC3Cc4ccc(Oc5cc(C(F)(F)F)ccn5)cc4C3)ncnc12. The molecule has 1 atom stereocenters. The summed E-state index contributed by atoms with van der Waals surface area (Å²) in [5.74, 6) is -0.894. The summed E-state index contributed by atoms with van der Waals surface area (Å²) >= 11 is 0. The second kappa shape index (κ2) is 7.95. The largest absolute Gasteiger partial charge is 0.439 e. The molecular weight excluding hydrogens is 443 g/mol. The van der Waals surface area contributed by atoms with Gasteiger partial charge in [-0.1, -0.05) is 6.07 Å². The van der Waals surface area contributed by atoms with Gasteiger partial charge in [-0.3, -0.25) is 0 Å². The summed E-state index contributed by atoms with van der Waals surface area (Å²) in [6, 6.07) is 8.81. The first-order valence-corrected chi connectivity index (χ1v) is 9.96. The number of nitrogens with one attached hydrogen (secondary N) is 1. The highest BCUT2D eigenvalue weighted by Gasteiger charge is 2.31.